The van der Waals surface area contributed by atoms with Crippen molar-refractivity contribution in [3.8, 4) is 0 Å². The Morgan fingerprint density at radius 1 is 1.08 bits per heavy atom. The fourth-order valence-electron chi connectivity index (χ4n) is 2.29. The molecular formula is C17H14Cl2N4O. The number of nitrogens with one attached hydrogen (secondary N) is 1. The minimum absolute atomic E-state index is 0.119. The van der Waals surface area contributed by atoms with Gasteiger partial charge < -0.3 is 5.32 Å². The zero-order chi connectivity index (χ0) is 16.9. The Labute approximate surface area is 149 Å². The second-order valence-electron chi connectivity index (χ2n) is 5.12. The van der Waals surface area contributed by atoms with E-state index in [1.165, 1.54) is 0 Å². The van der Waals surface area contributed by atoms with Crippen LogP contribution in [0.2, 0.25) is 10.2 Å². The van der Waals surface area contributed by atoms with Crippen molar-refractivity contribution in [2.45, 2.75) is 13.1 Å². The number of amides is 1. The number of halogens is 2. The van der Waals surface area contributed by atoms with E-state index in [1.807, 2.05) is 41.2 Å². The highest BCUT2D eigenvalue weighted by molar-refractivity contribution is 6.34. The van der Waals surface area contributed by atoms with Crippen LogP contribution in [0.1, 0.15) is 21.6 Å². The predicted molar refractivity (Wildman–Crippen MR) is 93.2 cm³/mol. The molecule has 0 saturated heterocycles. The van der Waals surface area contributed by atoms with E-state index >= 15 is 0 Å². The van der Waals surface area contributed by atoms with Crippen molar-refractivity contribution >= 4 is 29.1 Å². The summed E-state index contributed by atoms with van der Waals surface area (Å²) < 4.78 is 1.83. The highest BCUT2D eigenvalue weighted by Crippen LogP contribution is 2.17. The van der Waals surface area contributed by atoms with E-state index in [4.69, 9.17) is 23.2 Å². The Hall–Kier alpha value is -2.37. The molecule has 0 saturated carbocycles. The van der Waals surface area contributed by atoms with E-state index in [9.17, 15) is 4.79 Å². The first kappa shape index (κ1) is 16.5. The zero-order valence-corrected chi connectivity index (χ0v) is 14.1. The highest BCUT2D eigenvalue weighted by Gasteiger charge is 2.13. The van der Waals surface area contributed by atoms with Crippen LogP contribution in [0.5, 0.6) is 0 Å². The number of carbonyl (C=O) groups excluding carboxylic acids is 1. The molecule has 0 radical (unpaired) electrons. The molecule has 7 heteroatoms. The molecule has 0 aliphatic carbocycles. The maximum absolute atomic E-state index is 12.3. The number of nitrogens with zero attached hydrogens (tertiary/aromatic N) is 3. The van der Waals surface area contributed by atoms with Crippen molar-refractivity contribution in [1.29, 1.82) is 0 Å². The van der Waals surface area contributed by atoms with Gasteiger partial charge in [-0.2, -0.15) is 5.10 Å². The van der Waals surface area contributed by atoms with Gasteiger partial charge in [-0.1, -0.05) is 47.5 Å². The molecule has 3 aromatic rings. The van der Waals surface area contributed by atoms with Gasteiger partial charge in [-0.25, -0.2) is 4.98 Å². The van der Waals surface area contributed by atoms with Crippen LogP contribution in [-0.2, 0) is 13.1 Å². The second kappa shape index (κ2) is 7.47. The minimum Gasteiger partial charge on any atom is -0.347 e. The number of hydrogen-bond acceptors (Lipinski definition) is 3. The van der Waals surface area contributed by atoms with Crippen LogP contribution in [-0.4, -0.2) is 20.7 Å². The van der Waals surface area contributed by atoms with Crippen molar-refractivity contribution < 1.29 is 4.79 Å². The molecule has 0 aliphatic rings. The molecule has 0 unspecified atom stereocenters. The van der Waals surface area contributed by atoms with Crippen LogP contribution in [0.3, 0.4) is 0 Å². The van der Waals surface area contributed by atoms with Crippen LogP contribution < -0.4 is 5.32 Å². The summed E-state index contributed by atoms with van der Waals surface area (Å²) in [5.74, 6) is -0.364. The van der Waals surface area contributed by atoms with E-state index in [0.717, 1.165) is 11.1 Å². The van der Waals surface area contributed by atoms with Gasteiger partial charge in [-0.15, -0.1) is 0 Å². The van der Waals surface area contributed by atoms with Crippen molar-refractivity contribution in [1.82, 2.24) is 20.1 Å². The van der Waals surface area contributed by atoms with Gasteiger partial charge in [0.05, 0.1) is 11.6 Å². The Morgan fingerprint density at radius 3 is 2.62 bits per heavy atom. The van der Waals surface area contributed by atoms with Crippen molar-refractivity contribution in [3.63, 3.8) is 0 Å². The summed E-state index contributed by atoms with van der Waals surface area (Å²) in [5, 5.41) is 7.52. The molecule has 2 aromatic heterocycles. The van der Waals surface area contributed by atoms with Crippen LogP contribution in [0.25, 0.3) is 0 Å². The molecule has 1 N–H and O–H groups in total. The van der Waals surface area contributed by atoms with Crippen molar-refractivity contribution in [3.05, 3.63) is 81.9 Å². The van der Waals surface area contributed by atoms with E-state index in [-0.39, 0.29) is 21.8 Å². The van der Waals surface area contributed by atoms with E-state index in [2.05, 4.69) is 15.4 Å². The molecule has 0 aliphatic heterocycles. The van der Waals surface area contributed by atoms with Gasteiger partial charge in [0.1, 0.15) is 10.8 Å². The molecule has 0 bridgehead atoms. The molecule has 1 aromatic carbocycles. The summed E-state index contributed by atoms with van der Waals surface area (Å²) in [6, 6.07) is 12.8. The number of hydrogen-bond donors (Lipinski definition) is 1. The van der Waals surface area contributed by atoms with Crippen molar-refractivity contribution in [2.75, 3.05) is 0 Å². The lowest BCUT2D eigenvalue weighted by atomic mass is 10.1. The topological polar surface area (TPSA) is 59.8 Å². The SMILES string of the molecule is O=C(NCc1ccccc1Cn1cccn1)c1nc(Cl)ccc1Cl. The van der Waals surface area contributed by atoms with E-state index in [1.54, 1.807) is 18.3 Å². The highest BCUT2D eigenvalue weighted by atomic mass is 35.5. The molecule has 122 valence electrons. The quantitative estimate of drug-likeness (QED) is 0.707. The molecule has 24 heavy (non-hydrogen) atoms. The third-order valence-corrected chi connectivity index (χ3v) is 3.99. The first-order chi connectivity index (χ1) is 11.6. The third kappa shape index (κ3) is 3.93. The molecule has 3 rings (SSSR count). The van der Waals surface area contributed by atoms with Gasteiger partial charge >= 0.3 is 0 Å². The largest absolute Gasteiger partial charge is 0.347 e. The van der Waals surface area contributed by atoms with Gasteiger partial charge in [-0.3, -0.25) is 9.48 Å². The van der Waals surface area contributed by atoms with Crippen LogP contribution >= 0.6 is 23.2 Å². The molecular weight excluding hydrogens is 347 g/mol. The Morgan fingerprint density at radius 2 is 1.88 bits per heavy atom. The smallest absolute Gasteiger partial charge is 0.271 e. The standard InChI is InChI=1S/C17H14Cl2N4O/c18-14-6-7-15(19)22-16(14)17(24)20-10-12-4-1-2-5-13(12)11-23-9-3-8-21-23/h1-9H,10-11H2,(H,20,24). The monoisotopic (exact) mass is 360 g/mol. The lowest BCUT2D eigenvalue weighted by Crippen LogP contribution is -2.25. The van der Waals surface area contributed by atoms with E-state index in [0.29, 0.717) is 13.1 Å². The Kier molecular flexibility index (Phi) is 5.13. The van der Waals surface area contributed by atoms with Crippen LogP contribution in [0, 0.1) is 0 Å². The molecule has 0 spiro atoms. The summed E-state index contributed by atoms with van der Waals surface area (Å²) in [4.78, 5) is 16.3. The molecule has 1 amide bonds. The number of carbonyl (C=O) groups is 1. The average molecular weight is 361 g/mol. The number of aromatic nitrogens is 3. The van der Waals surface area contributed by atoms with Gasteiger partial charge in [0, 0.05) is 18.9 Å². The zero-order valence-electron chi connectivity index (χ0n) is 12.6. The van der Waals surface area contributed by atoms with E-state index < -0.39 is 0 Å². The fourth-order valence-corrected chi connectivity index (χ4v) is 2.63. The maximum Gasteiger partial charge on any atom is 0.271 e. The summed E-state index contributed by atoms with van der Waals surface area (Å²) in [6.45, 7) is 0.996. The average Bonchev–Trinajstić information content (AvgIpc) is 3.09. The van der Waals surface area contributed by atoms with Gasteiger partial charge in [0.25, 0.3) is 5.91 Å². The first-order valence-corrected chi connectivity index (χ1v) is 8.03. The molecule has 5 nitrogen and oxygen atoms in total. The minimum atomic E-state index is -0.364. The Bertz CT molecular complexity index is 850. The lowest BCUT2D eigenvalue weighted by Gasteiger charge is -2.11. The lowest BCUT2D eigenvalue weighted by molar-refractivity contribution is 0.0946. The summed E-state index contributed by atoms with van der Waals surface area (Å²) in [7, 11) is 0. The number of benzene rings is 1. The fraction of sp³-hybridized carbons (Fsp3) is 0.118. The maximum atomic E-state index is 12.3. The van der Waals surface area contributed by atoms with Gasteiger partial charge in [0.15, 0.2) is 0 Å². The normalized spacial score (nSPS) is 10.6. The first-order valence-electron chi connectivity index (χ1n) is 7.28. The summed E-state index contributed by atoms with van der Waals surface area (Å²) in [6.07, 6.45) is 3.63. The molecule has 2 heterocycles. The molecule has 0 fully saturated rings. The summed E-state index contributed by atoms with van der Waals surface area (Å²) >= 11 is 11.8. The van der Waals surface area contributed by atoms with Gasteiger partial charge in [-0.05, 0) is 29.3 Å². The third-order valence-electron chi connectivity index (χ3n) is 3.48. The van der Waals surface area contributed by atoms with Crippen LogP contribution in [0.15, 0.2) is 54.9 Å². The Balaban J connectivity index is 1.72. The number of pyridine rings is 1. The molecule has 0 atom stereocenters. The number of rotatable bonds is 5. The predicted octanol–water partition coefficient (Wildman–Crippen LogP) is 3.56. The van der Waals surface area contributed by atoms with Crippen molar-refractivity contribution in [2.24, 2.45) is 0 Å². The van der Waals surface area contributed by atoms with Gasteiger partial charge in [0.2, 0.25) is 0 Å². The van der Waals surface area contributed by atoms with Crippen LogP contribution in [0.4, 0.5) is 0 Å². The second-order valence-corrected chi connectivity index (χ2v) is 5.91. The summed E-state index contributed by atoms with van der Waals surface area (Å²) in [5.41, 5.74) is 2.19.